The van der Waals surface area contributed by atoms with Crippen molar-refractivity contribution >= 4 is 16.8 Å². The maximum Gasteiger partial charge on any atom is 0.227 e. The number of nitrogens with one attached hydrogen (secondary N) is 1. The Balaban J connectivity index is 1.80. The van der Waals surface area contributed by atoms with Gasteiger partial charge in [-0.2, -0.15) is 0 Å². The van der Waals surface area contributed by atoms with E-state index in [2.05, 4.69) is 17.6 Å². The van der Waals surface area contributed by atoms with Gasteiger partial charge in [0.2, 0.25) is 5.91 Å². The normalized spacial score (nSPS) is 14.5. The van der Waals surface area contributed by atoms with Gasteiger partial charge in [-0.3, -0.25) is 4.79 Å². The van der Waals surface area contributed by atoms with E-state index in [0.717, 1.165) is 29.3 Å². The molecule has 1 fully saturated rings. The number of carbonyl (C=O) groups is 1. The number of aromatic nitrogens is 1. The first kappa shape index (κ1) is 12.0. The lowest BCUT2D eigenvalue weighted by Gasteiger charge is -2.20. The van der Waals surface area contributed by atoms with Crippen LogP contribution in [0, 0.1) is 0 Å². The average molecular weight is 254 g/mol. The van der Waals surface area contributed by atoms with E-state index in [9.17, 15) is 4.79 Å². The third-order valence-corrected chi connectivity index (χ3v) is 3.65. The van der Waals surface area contributed by atoms with Gasteiger partial charge in [-0.05, 0) is 24.5 Å². The number of nitrogens with zero attached hydrogens (tertiary/aromatic N) is 1. The number of aromatic amines is 1. The Bertz CT molecular complexity index is 610. The molecule has 1 heterocycles. The lowest BCUT2D eigenvalue weighted by molar-refractivity contribution is -0.130. The highest BCUT2D eigenvalue weighted by Crippen LogP contribution is 2.28. The Morgan fingerprint density at radius 3 is 2.95 bits per heavy atom. The minimum absolute atomic E-state index is 0.201. The maximum absolute atomic E-state index is 12.4. The summed E-state index contributed by atoms with van der Waals surface area (Å²) in [6.45, 7) is 4.40. The number of hydrogen-bond donors (Lipinski definition) is 1. The molecule has 98 valence electrons. The summed E-state index contributed by atoms with van der Waals surface area (Å²) in [5, 5.41) is 1.14. The molecule has 0 radical (unpaired) electrons. The molecule has 2 aromatic rings. The molecule has 1 aromatic heterocycles. The number of carbonyl (C=O) groups excluding carboxylic acids is 1. The highest BCUT2D eigenvalue weighted by Gasteiger charge is 2.31. The number of rotatable bonds is 5. The molecule has 0 saturated heterocycles. The molecule has 1 aliphatic carbocycles. The predicted octanol–water partition coefficient (Wildman–Crippen LogP) is 2.89. The molecule has 1 aliphatic rings. The van der Waals surface area contributed by atoms with Crippen LogP contribution in [0.2, 0.25) is 0 Å². The monoisotopic (exact) mass is 254 g/mol. The van der Waals surface area contributed by atoms with E-state index >= 15 is 0 Å². The fraction of sp³-hybridized carbons (Fsp3) is 0.312. The number of fused-ring (bicyclic) bond motifs is 1. The lowest BCUT2D eigenvalue weighted by Crippen LogP contribution is -2.34. The van der Waals surface area contributed by atoms with Crippen molar-refractivity contribution in [2.24, 2.45) is 0 Å². The van der Waals surface area contributed by atoms with Crippen LogP contribution in [0.25, 0.3) is 10.9 Å². The van der Waals surface area contributed by atoms with Crippen molar-refractivity contribution < 1.29 is 4.79 Å². The van der Waals surface area contributed by atoms with E-state index in [-0.39, 0.29) is 5.91 Å². The summed E-state index contributed by atoms with van der Waals surface area (Å²) < 4.78 is 0. The van der Waals surface area contributed by atoms with Crippen LogP contribution in [0.15, 0.2) is 43.1 Å². The molecule has 1 saturated carbocycles. The fourth-order valence-corrected chi connectivity index (χ4v) is 2.52. The molecule has 1 amide bonds. The van der Waals surface area contributed by atoms with Crippen LogP contribution < -0.4 is 0 Å². The molecule has 19 heavy (non-hydrogen) atoms. The summed E-state index contributed by atoms with van der Waals surface area (Å²) in [6.07, 6.45) is 6.49. The van der Waals surface area contributed by atoms with Crippen LogP contribution in [0.5, 0.6) is 0 Å². The smallest absolute Gasteiger partial charge is 0.227 e. The van der Waals surface area contributed by atoms with Crippen molar-refractivity contribution in [3.8, 4) is 0 Å². The second-order valence-electron chi connectivity index (χ2n) is 5.10. The number of hydrogen-bond acceptors (Lipinski definition) is 1. The molecule has 1 N–H and O–H groups in total. The highest BCUT2D eigenvalue weighted by molar-refractivity contribution is 5.89. The third kappa shape index (κ3) is 2.41. The largest absolute Gasteiger partial charge is 0.361 e. The van der Waals surface area contributed by atoms with Gasteiger partial charge in [0.25, 0.3) is 0 Å². The first-order valence-corrected chi connectivity index (χ1v) is 6.75. The Labute approximate surface area is 112 Å². The molecule has 1 aromatic carbocycles. The molecule has 0 unspecified atom stereocenters. The molecule has 0 bridgehead atoms. The summed E-state index contributed by atoms with van der Waals surface area (Å²) in [7, 11) is 0. The number of para-hydroxylation sites is 1. The van der Waals surface area contributed by atoms with Gasteiger partial charge in [0, 0.05) is 29.7 Å². The van der Waals surface area contributed by atoms with E-state index in [1.165, 1.54) is 0 Å². The van der Waals surface area contributed by atoms with E-state index in [1.54, 1.807) is 0 Å². The quantitative estimate of drug-likeness (QED) is 0.818. The van der Waals surface area contributed by atoms with Crippen molar-refractivity contribution in [3.05, 3.63) is 48.7 Å². The van der Waals surface area contributed by atoms with Gasteiger partial charge in [-0.25, -0.2) is 0 Å². The van der Waals surface area contributed by atoms with Crippen molar-refractivity contribution in [1.29, 1.82) is 0 Å². The molecule has 0 atom stereocenters. The standard InChI is InChI=1S/C16H18N2O/c1-2-9-18(13-7-8-13)16(19)10-12-11-17-15-6-4-3-5-14(12)15/h2-6,11,13,17H,1,7-10H2. The van der Waals surface area contributed by atoms with Crippen LogP contribution in [-0.4, -0.2) is 28.4 Å². The second-order valence-corrected chi connectivity index (χ2v) is 5.10. The molecule has 3 heteroatoms. The first-order valence-electron chi connectivity index (χ1n) is 6.75. The SMILES string of the molecule is C=CCN(C(=O)Cc1c[nH]c2ccccc12)C1CC1. The van der Waals surface area contributed by atoms with Gasteiger partial charge in [0.1, 0.15) is 0 Å². The summed E-state index contributed by atoms with van der Waals surface area (Å²) in [4.78, 5) is 17.6. The van der Waals surface area contributed by atoms with E-state index < -0.39 is 0 Å². The topological polar surface area (TPSA) is 36.1 Å². The van der Waals surface area contributed by atoms with Crippen LogP contribution in [0.1, 0.15) is 18.4 Å². The van der Waals surface area contributed by atoms with Crippen molar-refractivity contribution in [2.45, 2.75) is 25.3 Å². The van der Waals surface area contributed by atoms with Crippen molar-refractivity contribution in [1.82, 2.24) is 9.88 Å². The molecular weight excluding hydrogens is 236 g/mol. The molecule has 0 aliphatic heterocycles. The number of benzene rings is 1. The van der Waals surface area contributed by atoms with Crippen LogP contribution >= 0.6 is 0 Å². The van der Waals surface area contributed by atoms with Gasteiger partial charge >= 0.3 is 0 Å². The Kier molecular flexibility index (Phi) is 3.11. The lowest BCUT2D eigenvalue weighted by atomic mass is 10.1. The second kappa shape index (κ2) is 4.92. The number of amides is 1. The van der Waals surface area contributed by atoms with Gasteiger partial charge in [0.15, 0.2) is 0 Å². The fourth-order valence-electron chi connectivity index (χ4n) is 2.52. The number of H-pyrrole nitrogens is 1. The summed E-state index contributed by atoms with van der Waals surface area (Å²) >= 11 is 0. The van der Waals surface area contributed by atoms with Crippen LogP contribution in [0.3, 0.4) is 0 Å². The zero-order valence-corrected chi connectivity index (χ0v) is 10.9. The van der Waals surface area contributed by atoms with Crippen molar-refractivity contribution in [3.63, 3.8) is 0 Å². The zero-order valence-electron chi connectivity index (χ0n) is 10.9. The summed E-state index contributed by atoms with van der Waals surface area (Å²) in [6, 6.07) is 8.54. The molecule has 0 spiro atoms. The highest BCUT2D eigenvalue weighted by atomic mass is 16.2. The predicted molar refractivity (Wildman–Crippen MR) is 76.9 cm³/mol. The minimum atomic E-state index is 0.201. The molecule has 3 rings (SSSR count). The third-order valence-electron chi connectivity index (χ3n) is 3.65. The summed E-state index contributed by atoms with van der Waals surface area (Å²) in [5.74, 6) is 0.201. The Morgan fingerprint density at radius 1 is 1.42 bits per heavy atom. The van der Waals surface area contributed by atoms with Gasteiger partial charge < -0.3 is 9.88 Å². The Morgan fingerprint density at radius 2 is 2.21 bits per heavy atom. The zero-order chi connectivity index (χ0) is 13.2. The maximum atomic E-state index is 12.4. The molecular formula is C16H18N2O. The first-order chi connectivity index (χ1) is 9.29. The van der Waals surface area contributed by atoms with Gasteiger partial charge in [0.05, 0.1) is 6.42 Å². The van der Waals surface area contributed by atoms with Gasteiger partial charge in [-0.15, -0.1) is 6.58 Å². The Hall–Kier alpha value is -2.03. The van der Waals surface area contributed by atoms with Crippen LogP contribution in [0.4, 0.5) is 0 Å². The molecule has 3 nitrogen and oxygen atoms in total. The summed E-state index contributed by atoms with van der Waals surface area (Å²) in [5.41, 5.74) is 2.17. The van der Waals surface area contributed by atoms with Gasteiger partial charge in [-0.1, -0.05) is 24.3 Å². The van der Waals surface area contributed by atoms with Crippen molar-refractivity contribution in [2.75, 3.05) is 6.54 Å². The van der Waals surface area contributed by atoms with E-state index in [1.807, 2.05) is 35.4 Å². The van der Waals surface area contributed by atoms with Crippen LogP contribution in [-0.2, 0) is 11.2 Å². The van der Waals surface area contributed by atoms with E-state index in [0.29, 0.717) is 19.0 Å². The average Bonchev–Trinajstić information content (AvgIpc) is 3.19. The van der Waals surface area contributed by atoms with E-state index in [4.69, 9.17) is 0 Å². The minimum Gasteiger partial charge on any atom is -0.361 e.